The molecule has 0 unspecified atom stereocenters. The fourth-order valence-corrected chi connectivity index (χ4v) is 2.76. The highest BCUT2D eigenvalue weighted by molar-refractivity contribution is 5.91. The highest BCUT2D eigenvalue weighted by atomic mass is 16.5. The van der Waals surface area contributed by atoms with Crippen molar-refractivity contribution in [2.45, 2.75) is 13.0 Å². The predicted molar refractivity (Wildman–Crippen MR) is 104 cm³/mol. The summed E-state index contributed by atoms with van der Waals surface area (Å²) in [5.74, 6) is 0.872. The molecule has 0 spiro atoms. The number of nitrogens with zero attached hydrogens (tertiary/aromatic N) is 1. The van der Waals surface area contributed by atoms with Crippen molar-refractivity contribution in [1.29, 1.82) is 0 Å². The van der Waals surface area contributed by atoms with Crippen molar-refractivity contribution >= 4 is 5.97 Å². The molecule has 0 N–H and O–H groups in total. The van der Waals surface area contributed by atoms with Gasteiger partial charge in [0.05, 0.1) is 33.5 Å². The van der Waals surface area contributed by atoms with E-state index >= 15 is 0 Å². The second-order valence-corrected chi connectivity index (χ2v) is 6.13. The van der Waals surface area contributed by atoms with Gasteiger partial charge < -0.3 is 23.8 Å². The van der Waals surface area contributed by atoms with E-state index in [0.717, 1.165) is 19.5 Å². The molecule has 0 bridgehead atoms. The topological polar surface area (TPSA) is 57.2 Å². The third-order valence-corrected chi connectivity index (χ3v) is 4.11. The van der Waals surface area contributed by atoms with Crippen LogP contribution in [0.3, 0.4) is 0 Å². The molecule has 2 rings (SSSR count). The Balaban J connectivity index is 1.85. The summed E-state index contributed by atoms with van der Waals surface area (Å²) in [6.07, 6.45) is 0.750. The summed E-state index contributed by atoms with van der Waals surface area (Å²) in [5, 5.41) is 0. The van der Waals surface area contributed by atoms with Gasteiger partial charge in [0.2, 0.25) is 5.75 Å². The lowest BCUT2D eigenvalue weighted by molar-refractivity contribution is 0.0489. The highest BCUT2D eigenvalue weighted by Crippen LogP contribution is 2.38. The van der Waals surface area contributed by atoms with E-state index < -0.39 is 5.97 Å². The number of methoxy groups -OCH3 is 3. The van der Waals surface area contributed by atoms with Crippen LogP contribution in [0.25, 0.3) is 0 Å². The van der Waals surface area contributed by atoms with Gasteiger partial charge in [0, 0.05) is 13.1 Å². The number of esters is 1. The molecule has 0 aliphatic carbocycles. The first kappa shape index (κ1) is 20.6. The molecule has 2 aromatic rings. The van der Waals surface area contributed by atoms with E-state index in [1.165, 1.54) is 26.9 Å². The molecule has 0 aliphatic rings. The second-order valence-electron chi connectivity index (χ2n) is 6.13. The van der Waals surface area contributed by atoms with Crippen LogP contribution in [0.4, 0.5) is 0 Å². The maximum absolute atomic E-state index is 12.3. The smallest absolute Gasteiger partial charge is 0.338 e. The summed E-state index contributed by atoms with van der Waals surface area (Å²) in [7, 11) is 6.59. The first-order valence-corrected chi connectivity index (χ1v) is 8.78. The van der Waals surface area contributed by atoms with Crippen LogP contribution in [0.5, 0.6) is 17.2 Å². The Labute approximate surface area is 160 Å². The maximum Gasteiger partial charge on any atom is 0.338 e. The standard InChI is InChI=1S/C21H27NO5/c1-22(15-16-9-6-5-7-10-16)11-8-12-27-21(23)17-13-18(24-2)20(26-4)19(14-17)25-3/h5-7,9-10,13-14H,8,11-12,15H2,1-4H3. The van der Waals surface area contributed by atoms with Gasteiger partial charge in [-0.3, -0.25) is 0 Å². The third-order valence-electron chi connectivity index (χ3n) is 4.11. The van der Waals surface area contributed by atoms with Crippen LogP contribution in [0.2, 0.25) is 0 Å². The van der Waals surface area contributed by atoms with Gasteiger partial charge in [-0.25, -0.2) is 4.79 Å². The summed E-state index contributed by atoms with van der Waals surface area (Å²) < 4.78 is 21.2. The lowest BCUT2D eigenvalue weighted by Crippen LogP contribution is -2.21. The van der Waals surface area contributed by atoms with Crippen LogP contribution in [0.1, 0.15) is 22.3 Å². The number of ether oxygens (including phenoxy) is 4. The normalized spacial score (nSPS) is 10.6. The lowest BCUT2D eigenvalue weighted by atomic mass is 10.2. The van der Waals surface area contributed by atoms with Crippen LogP contribution < -0.4 is 14.2 Å². The van der Waals surface area contributed by atoms with Crippen molar-refractivity contribution in [3.63, 3.8) is 0 Å². The van der Waals surface area contributed by atoms with Gasteiger partial charge in [-0.05, 0) is 31.2 Å². The number of hydrogen-bond donors (Lipinski definition) is 0. The SMILES string of the molecule is COc1cc(C(=O)OCCCN(C)Cc2ccccc2)cc(OC)c1OC. The fraction of sp³-hybridized carbons (Fsp3) is 0.381. The number of rotatable bonds is 10. The monoisotopic (exact) mass is 373 g/mol. The van der Waals surface area contributed by atoms with Crippen molar-refractivity contribution in [2.75, 3.05) is 41.5 Å². The molecule has 0 aliphatic heterocycles. The van der Waals surface area contributed by atoms with Crippen LogP contribution >= 0.6 is 0 Å². The molecule has 0 amide bonds. The zero-order chi connectivity index (χ0) is 19.6. The summed E-state index contributed by atoms with van der Waals surface area (Å²) in [4.78, 5) is 14.5. The molecule has 0 aromatic heterocycles. The third kappa shape index (κ3) is 5.89. The van der Waals surface area contributed by atoms with E-state index in [0.29, 0.717) is 29.4 Å². The Bertz CT molecular complexity index is 708. The van der Waals surface area contributed by atoms with Crippen molar-refractivity contribution in [2.24, 2.45) is 0 Å². The van der Waals surface area contributed by atoms with Gasteiger partial charge >= 0.3 is 5.97 Å². The Morgan fingerprint density at radius 3 is 2.15 bits per heavy atom. The second kappa shape index (κ2) is 10.4. The minimum Gasteiger partial charge on any atom is -0.493 e. The molecule has 2 aromatic carbocycles. The zero-order valence-electron chi connectivity index (χ0n) is 16.4. The van der Waals surface area contributed by atoms with Crippen molar-refractivity contribution in [3.05, 3.63) is 53.6 Å². The average Bonchev–Trinajstić information content (AvgIpc) is 2.70. The van der Waals surface area contributed by atoms with Gasteiger partial charge in [-0.2, -0.15) is 0 Å². The Hall–Kier alpha value is -2.73. The van der Waals surface area contributed by atoms with Gasteiger partial charge in [-0.15, -0.1) is 0 Å². The lowest BCUT2D eigenvalue weighted by Gasteiger charge is -2.17. The minimum atomic E-state index is -0.417. The first-order valence-electron chi connectivity index (χ1n) is 8.78. The largest absolute Gasteiger partial charge is 0.493 e. The molecule has 0 saturated heterocycles. The van der Waals surface area contributed by atoms with Crippen LogP contribution in [0, 0.1) is 0 Å². The van der Waals surface area contributed by atoms with E-state index in [1.807, 2.05) is 25.2 Å². The number of carbonyl (C=O) groups is 1. The van der Waals surface area contributed by atoms with Crippen molar-refractivity contribution in [1.82, 2.24) is 4.90 Å². The van der Waals surface area contributed by atoms with E-state index in [4.69, 9.17) is 18.9 Å². The summed E-state index contributed by atoms with van der Waals surface area (Å²) >= 11 is 0. The van der Waals surface area contributed by atoms with Gasteiger partial charge in [-0.1, -0.05) is 30.3 Å². The molecule has 6 heteroatoms. The Morgan fingerprint density at radius 2 is 1.59 bits per heavy atom. The molecule has 0 radical (unpaired) electrons. The van der Waals surface area contributed by atoms with E-state index in [1.54, 1.807) is 12.1 Å². The van der Waals surface area contributed by atoms with Crippen LogP contribution in [0.15, 0.2) is 42.5 Å². The fourth-order valence-electron chi connectivity index (χ4n) is 2.76. The maximum atomic E-state index is 12.3. The van der Waals surface area contributed by atoms with E-state index in [9.17, 15) is 4.79 Å². The summed E-state index contributed by atoms with van der Waals surface area (Å²) in [5.41, 5.74) is 1.62. The molecule has 0 atom stereocenters. The molecular formula is C21H27NO5. The number of carbonyl (C=O) groups excluding carboxylic acids is 1. The highest BCUT2D eigenvalue weighted by Gasteiger charge is 2.17. The van der Waals surface area contributed by atoms with Crippen LogP contribution in [-0.4, -0.2) is 52.4 Å². The molecule has 146 valence electrons. The first-order chi connectivity index (χ1) is 13.1. The molecule has 6 nitrogen and oxygen atoms in total. The summed E-state index contributed by atoms with van der Waals surface area (Å²) in [6, 6.07) is 13.4. The molecule has 27 heavy (non-hydrogen) atoms. The Kier molecular flexibility index (Phi) is 7.95. The van der Waals surface area contributed by atoms with Crippen molar-refractivity contribution < 1.29 is 23.7 Å². The number of hydrogen-bond acceptors (Lipinski definition) is 6. The van der Waals surface area contributed by atoms with Gasteiger partial charge in [0.1, 0.15) is 0 Å². The predicted octanol–water partition coefficient (Wildman–Crippen LogP) is 3.39. The molecule has 0 heterocycles. The molecular weight excluding hydrogens is 346 g/mol. The van der Waals surface area contributed by atoms with E-state index in [2.05, 4.69) is 17.0 Å². The van der Waals surface area contributed by atoms with Crippen molar-refractivity contribution in [3.8, 4) is 17.2 Å². The molecule has 0 saturated carbocycles. The quantitative estimate of drug-likeness (QED) is 0.470. The summed E-state index contributed by atoms with van der Waals surface area (Å²) in [6.45, 7) is 2.04. The molecule has 0 fully saturated rings. The Morgan fingerprint density at radius 1 is 0.963 bits per heavy atom. The van der Waals surface area contributed by atoms with E-state index in [-0.39, 0.29) is 0 Å². The van der Waals surface area contributed by atoms with Gasteiger partial charge in [0.25, 0.3) is 0 Å². The average molecular weight is 373 g/mol. The number of benzene rings is 2. The zero-order valence-corrected chi connectivity index (χ0v) is 16.4. The minimum absolute atomic E-state index is 0.342. The van der Waals surface area contributed by atoms with Gasteiger partial charge in [0.15, 0.2) is 11.5 Å². The van der Waals surface area contributed by atoms with Crippen LogP contribution in [-0.2, 0) is 11.3 Å².